The Morgan fingerprint density at radius 2 is 1.74 bits per heavy atom. The minimum atomic E-state index is -4.02. The Labute approximate surface area is 205 Å². The lowest BCUT2D eigenvalue weighted by Crippen LogP contribution is -2.36. The molecule has 1 aromatic carbocycles. The van der Waals surface area contributed by atoms with Gasteiger partial charge in [-0.2, -0.15) is 0 Å². The standard InChI is InChI=1S/C26H28N4O4S/c1-18(19-8-3-2-4-9-19)17-30-25(31)21-10-7-11-22(24(21)26(30)32)28-35(33,34)20-12-13-23(27-16-20)29-14-5-6-15-29/h5-7,10-16,18-19,28H,2-4,8-9,17H2,1H3. The smallest absolute Gasteiger partial charge is 0.263 e. The number of amides is 2. The maximum atomic E-state index is 13.3. The Hall–Kier alpha value is -3.46. The second-order valence-corrected chi connectivity index (χ2v) is 11.1. The largest absolute Gasteiger partial charge is 0.309 e. The fourth-order valence-corrected chi connectivity index (χ4v) is 6.12. The van der Waals surface area contributed by atoms with Crippen molar-refractivity contribution in [2.75, 3.05) is 11.3 Å². The van der Waals surface area contributed by atoms with Crippen molar-refractivity contribution in [3.05, 3.63) is 72.2 Å². The molecule has 0 radical (unpaired) electrons. The van der Waals surface area contributed by atoms with E-state index in [2.05, 4.69) is 16.6 Å². The fraction of sp³-hybridized carbons (Fsp3) is 0.346. The zero-order valence-corrected chi connectivity index (χ0v) is 20.4. The molecule has 1 aliphatic heterocycles. The van der Waals surface area contributed by atoms with Gasteiger partial charge in [-0.15, -0.1) is 0 Å². The van der Waals surface area contributed by atoms with E-state index >= 15 is 0 Å². The van der Waals surface area contributed by atoms with Crippen molar-refractivity contribution in [1.29, 1.82) is 0 Å². The number of pyridine rings is 1. The highest BCUT2D eigenvalue weighted by Gasteiger charge is 2.39. The molecule has 35 heavy (non-hydrogen) atoms. The van der Waals surface area contributed by atoms with Gasteiger partial charge in [0.05, 0.1) is 16.8 Å². The lowest BCUT2D eigenvalue weighted by atomic mass is 9.80. The van der Waals surface area contributed by atoms with Gasteiger partial charge in [-0.25, -0.2) is 13.4 Å². The van der Waals surface area contributed by atoms with E-state index in [9.17, 15) is 18.0 Å². The number of anilines is 1. The fourth-order valence-electron chi connectivity index (χ4n) is 5.10. The summed E-state index contributed by atoms with van der Waals surface area (Å²) < 4.78 is 30.4. The molecule has 0 bridgehead atoms. The van der Waals surface area contributed by atoms with Crippen LogP contribution >= 0.6 is 0 Å². The number of carbonyl (C=O) groups excluding carboxylic acids is 2. The Kier molecular flexibility index (Phi) is 6.19. The van der Waals surface area contributed by atoms with Crippen molar-refractivity contribution < 1.29 is 18.0 Å². The van der Waals surface area contributed by atoms with E-state index in [1.807, 2.05) is 24.5 Å². The van der Waals surface area contributed by atoms with Gasteiger partial charge >= 0.3 is 0 Å². The first-order valence-electron chi connectivity index (χ1n) is 12.0. The molecular formula is C26H28N4O4S. The first-order chi connectivity index (χ1) is 16.8. The number of benzene rings is 1. The molecule has 1 N–H and O–H groups in total. The predicted molar refractivity (Wildman–Crippen MR) is 132 cm³/mol. The van der Waals surface area contributed by atoms with E-state index < -0.39 is 15.9 Å². The second-order valence-electron chi connectivity index (χ2n) is 9.37. The summed E-state index contributed by atoms with van der Waals surface area (Å²) >= 11 is 0. The predicted octanol–water partition coefficient (Wildman–Crippen LogP) is 4.49. The van der Waals surface area contributed by atoms with Crippen molar-refractivity contribution in [1.82, 2.24) is 14.5 Å². The van der Waals surface area contributed by atoms with Crippen molar-refractivity contribution in [2.45, 2.75) is 43.9 Å². The number of hydrogen-bond acceptors (Lipinski definition) is 5. The first-order valence-corrected chi connectivity index (χ1v) is 13.4. The molecule has 1 aliphatic carbocycles. The Morgan fingerprint density at radius 3 is 2.43 bits per heavy atom. The lowest BCUT2D eigenvalue weighted by Gasteiger charge is -2.30. The molecular weight excluding hydrogens is 464 g/mol. The third-order valence-corrected chi connectivity index (χ3v) is 8.42. The molecule has 3 aromatic rings. The normalized spacial score (nSPS) is 17.5. The Bertz CT molecular complexity index is 1340. The zero-order valence-electron chi connectivity index (χ0n) is 19.6. The summed E-state index contributed by atoms with van der Waals surface area (Å²) in [4.78, 5) is 31.8. The van der Waals surface area contributed by atoms with E-state index in [0.29, 0.717) is 18.3 Å². The van der Waals surface area contributed by atoms with E-state index in [1.165, 1.54) is 42.5 Å². The third-order valence-electron chi connectivity index (χ3n) is 7.07. The van der Waals surface area contributed by atoms with Gasteiger partial charge in [0.25, 0.3) is 21.8 Å². The molecule has 2 aromatic heterocycles. The summed E-state index contributed by atoms with van der Waals surface area (Å²) in [6.07, 6.45) is 10.7. The molecule has 8 nitrogen and oxygen atoms in total. The van der Waals surface area contributed by atoms with Crippen LogP contribution in [0.1, 0.15) is 59.7 Å². The number of hydrogen-bond donors (Lipinski definition) is 1. The molecule has 2 aliphatic rings. The van der Waals surface area contributed by atoms with Gasteiger partial charge in [-0.1, -0.05) is 45.1 Å². The molecule has 1 saturated carbocycles. The molecule has 1 fully saturated rings. The second kappa shape index (κ2) is 9.30. The average molecular weight is 493 g/mol. The zero-order chi connectivity index (χ0) is 24.6. The maximum absolute atomic E-state index is 13.3. The van der Waals surface area contributed by atoms with Gasteiger partial charge in [-0.05, 0) is 48.2 Å². The number of nitrogens with zero attached hydrogens (tertiary/aromatic N) is 3. The summed E-state index contributed by atoms with van der Waals surface area (Å²) in [5, 5.41) is 0. The minimum absolute atomic E-state index is 0.0365. The van der Waals surface area contributed by atoms with Crippen molar-refractivity contribution in [3.63, 3.8) is 0 Å². The number of fused-ring (bicyclic) bond motifs is 1. The van der Waals surface area contributed by atoms with E-state index in [0.717, 1.165) is 12.8 Å². The average Bonchev–Trinajstić information content (AvgIpc) is 3.49. The molecule has 0 saturated heterocycles. The molecule has 1 unspecified atom stereocenters. The van der Waals surface area contributed by atoms with Crippen LogP contribution in [0, 0.1) is 11.8 Å². The third kappa shape index (κ3) is 4.48. The van der Waals surface area contributed by atoms with Gasteiger partial charge in [0.1, 0.15) is 10.7 Å². The van der Waals surface area contributed by atoms with Crippen molar-refractivity contribution in [3.8, 4) is 5.82 Å². The highest BCUT2D eigenvalue weighted by atomic mass is 32.2. The van der Waals surface area contributed by atoms with Crippen molar-refractivity contribution in [2.24, 2.45) is 11.8 Å². The van der Waals surface area contributed by atoms with Crippen LogP contribution in [0.2, 0.25) is 0 Å². The number of imide groups is 1. The number of aromatic nitrogens is 2. The summed E-state index contributed by atoms with van der Waals surface area (Å²) in [7, 11) is -4.02. The molecule has 1 atom stereocenters. The molecule has 0 spiro atoms. The van der Waals surface area contributed by atoms with Crippen LogP contribution in [0.5, 0.6) is 0 Å². The van der Waals surface area contributed by atoms with Crippen molar-refractivity contribution >= 4 is 27.5 Å². The highest BCUT2D eigenvalue weighted by molar-refractivity contribution is 7.92. The molecule has 5 rings (SSSR count). The summed E-state index contributed by atoms with van der Waals surface area (Å²) in [6.45, 7) is 2.43. The van der Waals surface area contributed by atoms with Gasteiger partial charge in [0, 0.05) is 25.1 Å². The summed E-state index contributed by atoms with van der Waals surface area (Å²) in [5.74, 6) is 0.451. The van der Waals surface area contributed by atoms with Crippen LogP contribution in [-0.4, -0.2) is 41.2 Å². The number of rotatable bonds is 7. The summed E-state index contributed by atoms with van der Waals surface area (Å²) in [6, 6.07) is 11.4. The van der Waals surface area contributed by atoms with Gasteiger partial charge < -0.3 is 4.57 Å². The quantitative estimate of drug-likeness (QED) is 0.490. The van der Waals surface area contributed by atoms with E-state index in [1.54, 1.807) is 22.8 Å². The van der Waals surface area contributed by atoms with Gasteiger partial charge in [0.15, 0.2) is 0 Å². The maximum Gasteiger partial charge on any atom is 0.263 e. The van der Waals surface area contributed by atoms with Crippen LogP contribution in [0.3, 0.4) is 0 Å². The number of carbonyl (C=O) groups is 2. The minimum Gasteiger partial charge on any atom is -0.309 e. The summed E-state index contributed by atoms with van der Waals surface area (Å²) in [5.41, 5.74) is 0.434. The molecule has 3 heterocycles. The van der Waals surface area contributed by atoms with E-state index in [4.69, 9.17) is 0 Å². The van der Waals surface area contributed by atoms with Crippen LogP contribution in [-0.2, 0) is 10.0 Å². The van der Waals surface area contributed by atoms with Gasteiger partial charge in [0.2, 0.25) is 0 Å². The SMILES string of the molecule is CC(CN1C(=O)c2cccc(NS(=O)(=O)c3ccc(-n4cccc4)nc3)c2C1=O)C1CCCCC1. The monoisotopic (exact) mass is 492 g/mol. The first kappa shape index (κ1) is 23.3. The Balaban J connectivity index is 1.37. The van der Waals surface area contributed by atoms with Crippen LogP contribution in [0.15, 0.2) is 66.0 Å². The highest BCUT2D eigenvalue weighted by Crippen LogP contribution is 2.34. The number of sulfonamides is 1. The van der Waals surface area contributed by atoms with Crippen LogP contribution in [0.4, 0.5) is 5.69 Å². The topological polar surface area (TPSA) is 101 Å². The van der Waals surface area contributed by atoms with E-state index in [-0.39, 0.29) is 33.5 Å². The molecule has 182 valence electrons. The Morgan fingerprint density at radius 1 is 1.00 bits per heavy atom. The lowest BCUT2D eigenvalue weighted by molar-refractivity contribution is 0.0607. The van der Waals surface area contributed by atoms with Crippen LogP contribution in [0.25, 0.3) is 5.82 Å². The number of nitrogens with one attached hydrogen (secondary N) is 1. The van der Waals surface area contributed by atoms with Gasteiger partial charge in [-0.3, -0.25) is 19.2 Å². The molecule has 9 heteroatoms. The van der Waals surface area contributed by atoms with Crippen LogP contribution < -0.4 is 4.72 Å². The molecule has 2 amide bonds.